The van der Waals surface area contributed by atoms with E-state index in [4.69, 9.17) is 16.3 Å². The molecule has 1 heterocycles. The van der Waals surface area contributed by atoms with Gasteiger partial charge in [0.25, 0.3) is 5.91 Å². The molecule has 0 aliphatic carbocycles. The normalized spacial score (nSPS) is 16.2. The predicted molar refractivity (Wildman–Crippen MR) is 99.3 cm³/mol. The number of fused-ring (bicyclic) bond motifs is 1. The molecule has 0 unspecified atom stereocenters. The van der Waals surface area contributed by atoms with Crippen LogP contribution in [0.1, 0.15) is 0 Å². The van der Waals surface area contributed by atoms with E-state index in [-0.39, 0.29) is 5.91 Å². The molecule has 0 radical (unpaired) electrons. The Morgan fingerprint density at radius 1 is 1.29 bits per heavy atom. The van der Waals surface area contributed by atoms with E-state index in [1.165, 1.54) is 4.90 Å². The lowest BCUT2D eigenvalue weighted by Crippen LogP contribution is -2.48. The monoisotopic (exact) mass is 362 g/mol. The van der Waals surface area contributed by atoms with Crippen LogP contribution in [0.4, 0.5) is 5.69 Å². The molecule has 1 aliphatic rings. The first-order chi connectivity index (χ1) is 11.7. The number of carbonyl (C=O) groups is 1. The average Bonchev–Trinajstić information content (AvgIpc) is 2.62. The number of nitrogens with zero attached hydrogens (tertiary/aromatic N) is 1. The van der Waals surface area contributed by atoms with Gasteiger partial charge < -0.3 is 15.0 Å². The summed E-state index contributed by atoms with van der Waals surface area (Å²) < 4.78 is 5.82. The molecule has 0 fully saturated rings. The van der Waals surface area contributed by atoms with Gasteiger partial charge in [-0.25, -0.2) is 0 Å². The number of likely N-dealkylation sites (N-methyl/N-ethyl adjacent to an activating group) is 1. The number of ether oxygens (including phenoxy) is 1. The molecule has 24 heavy (non-hydrogen) atoms. The maximum absolute atomic E-state index is 12.0. The lowest BCUT2D eigenvalue weighted by Gasteiger charge is -2.35. The molecule has 1 atom stereocenters. The van der Waals surface area contributed by atoms with Crippen LogP contribution in [0.25, 0.3) is 0 Å². The molecule has 2 aromatic carbocycles. The molecule has 0 spiro atoms. The summed E-state index contributed by atoms with van der Waals surface area (Å²) in [5.74, 6) is 1.57. The second-order valence-corrected chi connectivity index (χ2v) is 7.04. The predicted octanol–water partition coefficient (Wildman–Crippen LogP) is 3.45. The smallest absolute Gasteiger partial charge is 0.262 e. The number of anilines is 1. The number of hydrogen-bond donors (Lipinski definition) is 1. The van der Waals surface area contributed by atoms with Crippen LogP contribution in [0.3, 0.4) is 0 Å². The van der Waals surface area contributed by atoms with Crippen LogP contribution >= 0.6 is 23.4 Å². The van der Waals surface area contributed by atoms with Gasteiger partial charge in [0.2, 0.25) is 0 Å². The van der Waals surface area contributed by atoms with Crippen LogP contribution in [0, 0.1) is 0 Å². The van der Waals surface area contributed by atoms with E-state index in [1.54, 1.807) is 18.8 Å². The van der Waals surface area contributed by atoms with Gasteiger partial charge in [0.15, 0.2) is 6.10 Å². The van der Waals surface area contributed by atoms with Gasteiger partial charge in [0.1, 0.15) is 5.75 Å². The molecule has 2 aromatic rings. The summed E-state index contributed by atoms with van der Waals surface area (Å²) in [5.41, 5.74) is 1.04. The molecule has 1 amide bonds. The number of rotatable bonds is 5. The third kappa shape index (κ3) is 3.97. The number of halogens is 1. The van der Waals surface area contributed by atoms with Crippen molar-refractivity contribution in [2.45, 2.75) is 11.0 Å². The van der Waals surface area contributed by atoms with E-state index in [2.05, 4.69) is 10.2 Å². The van der Waals surface area contributed by atoms with Crippen molar-refractivity contribution in [2.24, 2.45) is 0 Å². The molecular formula is C18H19ClN2O2S. The fourth-order valence-corrected chi connectivity index (χ4v) is 3.62. The fraction of sp³-hybridized carbons (Fsp3) is 0.278. The zero-order valence-corrected chi connectivity index (χ0v) is 14.9. The van der Waals surface area contributed by atoms with E-state index in [0.29, 0.717) is 6.54 Å². The summed E-state index contributed by atoms with van der Waals surface area (Å²) in [6.07, 6.45) is -0.481. The maximum Gasteiger partial charge on any atom is 0.262 e. The van der Waals surface area contributed by atoms with Crippen molar-refractivity contribution in [3.8, 4) is 5.75 Å². The Labute approximate surface area is 151 Å². The van der Waals surface area contributed by atoms with E-state index < -0.39 is 6.10 Å². The van der Waals surface area contributed by atoms with Crippen molar-refractivity contribution in [1.82, 2.24) is 5.32 Å². The Bertz CT molecular complexity index is 708. The Balaban J connectivity index is 1.66. The highest BCUT2D eigenvalue weighted by molar-refractivity contribution is 7.99. The molecular weight excluding hydrogens is 344 g/mol. The average molecular weight is 363 g/mol. The van der Waals surface area contributed by atoms with Gasteiger partial charge in [0, 0.05) is 29.3 Å². The number of thioether (sulfide) groups is 1. The Morgan fingerprint density at radius 2 is 2.04 bits per heavy atom. The lowest BCUT2D eigenvalue weighted by molar-refractivity contribution is -0.127. The SMILES string of the molecule is CNC(=O)[C@@H]1CN(CCSc2ccc(Cl)cc2)c2ccccc2O1. The summed E-state index contributed by atoms with van der Waals surface area (Å²) in [7, 11) is 1.63. The molecule has 126 valence electrons. The van der Waals surface area contributed by atoms with Crippen molar-refractivity contribution in [3.63, 3.8) is 0 Å². The van der Waals surface area contributed by atoms with E-state index in [9.17, 15) is 4.79 Å². The topological polar surface area (TPSA) is 41.6 Å². The van der Waals surface area contributed by atoms with Crippen LogP contribution in [-0.4, -0.2) is 37.9 Å². The number of nitrogens with one attached hydrogen (secondary N) is 1. The summed E-state index contributed by atoms with van der Waals surface area (Å²) in [5, 5.41) is 3.41. The van der Waals surface area contributed by atoms with Gasteiger partial charge in [0.05, 0.1) is 12.2 Å². The molecule has 4 nitrogen and oxygen atoms in total. The standard InChI is InChI=1S/C18H19ClN2O2S/c1-20-18(22)17-12-21(15-4-2-3-5-16(15)23-17)10-11-24-14-8-6-13(19)7-9-14/h2-9,17H,10-12H2,1H3,(H,20,22)/t17-/m0/s1. The zero-order chi connectivity index (χ0) is 16.9. The summed E-state index contributed by atoms with van der Waals surface area (Å²) in [6, 6.07) is 15.7. The minimum absolute atomic E-state index is 0.0974. The van der Waals surface area contributed by atoms with Crippen molar-refractivity contribution in [3.05, 3.63) is 53.6 Å². The third-order valence-corrected chi connectivity index (χ3v) is 5.09. The summed E-state index contributed by atoms with van der Waals surface area (Å²) in [6.45, 7) is 1.39. The number of benzene rings is 2. The van der Waals surface area contributed by atoms with Crippen LogP contribution in [0.5, 0.6) is 5.75 Å². The number of amides is 1. The van der Waals surface area contributed by atoms with Crippen LogP contribution < -0.4 is 15.0 Å². The Hall–Kier alpha value is -1.85. The van der Waals surface area contributed by atoms with Crippen LogP contribution in [0.15, 0.2) is 53.4 Å². The Kier molecular flexibility index (Phi) is 5.53. The molecule has 6 heteroatoms. The van der Waals surface area contributed by atoms with Gasteiger partial charge in [-0.05, 0) is 36.4 Å². The first-order valence-electron chi connectivity index (χ1n) is 7.78. The second kappa shape index (κ2) is 7.81. The van der Waals surface area contributed by atoms with Gasteiger partial charge in [-0.3, -0.25) is 4.79 Å². The molecule has 0 aromatic heterocycles. The van der Waals surface area contributed by atoms with E-state index in [1.807, 2.05) is 48.5 Å². The van der Waals surface area contributed by atoms with Gasteiger partial charge in [-0.1, -0.05) is 23.7 Å². The fourth-order valence-electron chi connectivity index (χ4n) is 2.62. The molecule has 0 saturated heterocycles. The minimum Gasteiger partial charge on any atom is -0.477 e. The maximum atomic E-state index is 12.0. The van der Waals surface area contributed by atoms with Gasteiger partial charge >= 0.3 is 0 Å². The van der Waals surface area contributed by atoms with Crippen LogP contribution in [0.2, 0.25) is 5.02 Å². The number of hydrogen-bond acceptors (Lipinski definition) is 4. The first kappa shape index (κ1) is 17.0. The lowest BCUT2D eigenvalue weighted by atomic mass is 10.2. The molecule has 1 aliphatic heterocycles. The summed E-state index contributed by atoms with van der Waals surface area (Å²) >= 11 is 7.68. The second-order valence-electron chi connectivity index (χ2n) is 5.44. The van der Waals surface area contributed by atoms with Crippen molar-refractivity contribution < 1.29 is 9.53 Å². The molecule has 3 rings (SSSR count). The number of carbonyl (C=O) groups excluding carboxylic acids is 1. The first-order valence-corrected chi connectivity index (χ1v) is 9.14. The molecule has 1 N–H and O–H groups in total. The largest absolute Gasteiger partial charge is 0.477 e. The highest BCUT2D eigenvalue weighted by atomic mass is 35.5. The van der Waals surface area contributed by atoms with Crippen LogP contribution in [-0.2, 0) is 4.79 Å². The quantitative estimate of drug-likeness (QED) is 0.827. The third-order valence-electron chi connectivity index (χ3n) is 3.84. The summed E-state index contributed by atoms with van der Waals surface area (Å²) in [4.78, 5) is 15.4. The molecule has 0 bridgehead atoms. The van der Waals surface area contributed by atoms with Crippen molar-refractivity contribution >= 4 is 35.0 Å². The minimum atomic E-state index is -0.481. The van der Waals surface area contributed by atoms with E-state index in [0.717, 1.165) is 28.8 Å². The highest BCUT2D eigenvalue weighted by Gasteiger charge is 2.29. The van der Waals surface area contributed by atoms with E-state index >= 15 is 0 Å². The van der Waals surface area contributed by atoms with Crippen molar-refractivity contribution in [1.29, 1.82) is 0 Å². The van der Waals surface area contributed by atoms with Gasteiger partial charge in [-0.2, -0.15) is 0 Å². The number of para-hydroxylation sites is 2. The van der Waals surface area contributed by atoms with Crippen molar-refractivity contribution in [2.75, 3.05) is 30.8 Å². The zero-order valence-electron chi connectivity index (χ0n) is 13.4. The molecule has 0 saturated carbocycles. The Morgan fingerprint density at radius 3 is 2.79 bits per heavy atom. The van der Waals surface area contributed by atoms with Gasteiger partial charge in [-0.15, -0.1) is 11.8 Å². The highest BCUT2D eigenvalue weighted by Crippen LogP contribution is 2.33.